The number of hydrogen-bond acceptors (Lipinski definition) is 2. The first-order valence-electron chi connectivity index (χ1n) is 9.51. The Morgan fingerprint density at radius 1 is 1.14 bits per heavy atom. The number of ether oxygens (including phenoxy) is 1. The number of fused-ring (bicyclic) bond motifs is 1. The van der Waals surface area contributed by atoms with Gasteiger partial charge in [0.2, 0.25) is 0 Å². The number of aromatic amines is 1. The summed E-state index contributed by atoms with van der Waals surface area (Å²) in [6, 6.07) is 16.3. The van der Waals surface area contributed by atoms with Crippen molar-refractivity contribution in [1.29, 1.82) is 0 Å². The number of halogens is 1. The van der Waals surface area contributed by atoms with Gasteiger partial charge in [0, 0.05) is 34.2 Å². The zero-order valence-electron chi connectivity index (χ0n) is 16.9. The molecule has 0 atom stereocenters. The van der Waals surface area contributed by atoms with Gasteiger partial charge in [0.1, 0.15) is 5.60 Å². The van der Waals surface area contributed by atoms with Crippen molar-refractivity contribution >= 4 is 32.9 Å². The molecule has 0 aliphatic rings. The van der Waals surface area contributed by atoms with Crippen molar-refractivity contribution in [3.63, 3.8) is 0 Å². The highest BCUT2D eigenvalue weighted by Gasteiger charge is 2.23. The first kappa shape index (κ1) is 20.5. The summed E-state index contributed by atoms with van der Waals surface area (Å²) in [5.41, 5.74) is 4.07. The predicted molar refractivity (Wildman–Crippen MR) is 118 cm³/mol. The summed E-state index contributed by atoms with van der Waals surface area (Å²) in [5.74, 6) is 0. The van der Waals surface area contributed by atoms with E-state index in [9.17, 15) is 4.79 Å². The number of nitrogens with one attached hydrogen (secondary N) is 1. The second kappa shape index (κ2) is 8.39. The molecular weight excluding hydrogens is 416 g/mol. The van der Waals surface area contributed by atoms with Gasteiger partial charge in [0.05, 0.1) is 0 Å². The highest BCUT2D eigenvalue weighted by Crippen LogP contribution is 2.23. The van der Waals surface area contributed by atoms with Crippen molar-refractivity contribution in [3.05, 3.63) is 69.8 Å². The second-order valence-corrected chi connectivity index (χ2v) is 8.97. The minimum absolute atomic E-state index is 0.287. The van der Waals surface area contributed by atoms with Crippen LogP contribution in [0.25, 0.3) is 10.9 Å². The molecule has 1 heterocycles. The van der Waals surface area contributed by atoms with E-state index < -0.39 is 5.60 Å². The van der Waals surface area contributed by atoms with E-state index in [2.05, 4.69) is 40.0 Å². The van der Waals surface area contributed by atoms with E-state index in [1.54, 1.807) is 4.90 Å². The van der Waals surface area contributed by atoms with Gasteiger partial charge in [-0.2, -0.15) is 0 Å². The Balaban J connectivity index is 1.81. The lowest BCUT2D eigenvalue weighted by atomic mass is 10.1. The fourth-order valence-corrected chi connectivity index (χ4v) is 3.77. The van der Waals surface area contributed by atoms with Crippen LogP contribution in [0.15, 0.2) is 53.0 Å². The number of H-pyrrole nitrogens is 1. The van der Waals surface area contributed by atoms with Gasteiger partial charge in [-0.15, -0.1) is 0 Å². The standard InChI is InChI=1S/C23H27BrN2O2/c1-16-19(20-10-5-6-11-21(20)25-16)12-13-26(22(27)28-23(2,3)4)15-17-8-7-9-18(24)14-17/h5-11,14,25H,12-13,15H2,1-4H3. The molecule has 2 aromatic carbocycles. The fourth-order valence-electron chi connectivity index (χ4n) is 3.32. The Kier molecular flexibility index (Phi) is 6.14. The molecular formula is C23H27BrN2O2. The molecule has 0 saturated carbocycles. The molecule has 0 radical (unpaired) electrons. The third-order valence-electron chi connectivity index (χ3n) is 4.57. The van der Waals surface area contributed by atoms with Crippen LogP contribution in [0.1, 0.15) is 37.6 Å². The number of hydrogen-bond donors (Lipinski definition) is 1. The second-order valence-electron chi connectivity index (χ2n) is 8.06. The Morgan fingerprint density at radius 3 is 2.61 bits per heavy atom. The monoisotopic (exact) mass is 442 g/mol. The van der Waals surface area contributed by atoms with E-state index in [1.165, 1.54) is 10.9 Å². The molecule has 28 heavy (non-hydrogen) atoms. The number of amides is 1. The molecule has 0 aliphatic heterocycles. The maximum Gasteiger partial charge on any atom is 0.410 e. The normalized spacial score (nSPS) is 11.6. The van der Waals surface area contributed by atoms with Crippen LogP contribution in [0.4, 0.5) is 4.79 Å². The molecule has 1 aromatic heterocycles. The Bertz CT molecular complexity index is 972. The zero-order chi connectivity index (χ0) is 20.3. The van der Waals surface area contributed by atoms with Crippen molar-refractivity contribution in [3.8, 4) is 0 Å². The molecule has 1 amide bonds. The third-order valence-corrected chi connectivity index (χ3v) is 5.07. The quantitative estimate of drug-likeness (QED) is 0.509. The van der Waals surface area contributed by atoms with E-state index in [0.717, 1.165) is 27.7 Å². The summed E-state index contributed by atoms with van der Waals surface area (Å²) in [6.07, 6.45) is 0.480. The first-order valence-corrected chi connectivity index (χ1v) is 10.3. The van der Waals surface area contributed by atoms with Crippen LogP contribution in [0.3, 0.4) is 0 Å². The molecule has 3 rings (SSSR count). The summed E-state index contributed by atoms with van der Waals surface area (Å²) >= 11 is 3.51. The highest BCUT2D eigenvalue weighted by molar-refractivity contribution is 9.10. The number of carbonyl (C=O) groups is 1. The maximum absolute atomic E-state index is 12.8. The van der Waals surface area contributed by atoms with Crippen LogP contribution in [0.2, 0.25) is 0 Å². The average molecular weight is 443 g/mol. The zero-order valence-corrected chi connectivity index (χ0v) is 18.5. The first-order chi connectivity index (χ1) is 13.2. The number of para-hydroxylation sites is 1. The van der Waals surface area contributed by atoms with Crippen LogP contribution >= 0.6 is 15.9 Å². The Morgan fingerprint density at radius 2 is 1.89 bits per heavy atom. The molecule has 4 nitrogen and oxygen atoms in total. The molecule has 3 aromatic rings. The van der Waals surface area contributed by atoms with Crippen LogP contribution in [-0.4, -0.2) is 28.1 Å². The van der Waals surface area contributed by atoms with E-state index >= 15 is 0 Å². The largest absolute Gasteiger partial charge is 0.444 e. The van der Waals surface area contributed by atoms with Gasteiger partial charge < -0.3 is 14.6 Å². The number of aryl methyl sites for hydroxylation is 1. The van der Waals surface area contributed by atoms with Crippen LogP contribution in [0.5, 0.6) is 0 Å². The van der Waals surface area contributed by atoms with Crippen molar-refractivity contribution in [1.82, 2.24) is 9.88 Å². The fraction of sp³-hybridized carbons (Fsp3) is 0.348. The van der Waals surface area contributed by atoms with Crippen molar-refractivity contribution in [2.24, 2.45) is 0 Å². The summed E-state index contributed by atoms with van der Waals surface area (Å²) < 4.78 is 6.66. The van der Waals surface area contributed by atoms with Gasteiger partial charge in [0.25, 0.3) is 0 Å². The lowest BCUT2D eigenvalue weighted by Crippen LogP contribution is -2.37. The SMILES string of the molecule is Cc1[nH]c2ccccc2c1CCN(Cc1cccc(Br)c1)C(=O)OC(C)(C)C. The lowest BCUT2D eigenvalue weighted by Gasteiger charge is -2.27. The van der Waals surface area contributed by atoms with Gasteiger partial charge in [-0.05, 0) is 63.4 Å². The van der Waals surface area contributed by atoms with Crippen molar-refractivity contribution in [2.75, 3.05) is 6.54 Å². The van der Waals surface area contributed by atoms with E-state index in [1.807, 2.05) is 57.2 Å². The molecule has 148 valence electrons. The maximum atomic E-state index is 12.8. The van der Waals surface area contributed by atoms with Crippen LogP contribution < -0.4 is 0 Å². The van der Waals surface area contributed by atoms with Crippen LogP contribution in [0, 0.1) is 6.92 Å². The molecule has 0 spiro atoms. The van der Waals surface area contributed by atoms with Crippen molar-refractivity contribution in [2.45, 2.75) is 46.3 Å². The number of carbonyl (C=O) groups excluding carboxylic acids is 1. The lowest BCUT2D eigenvalue weighted by molar-refractivity contribution is 0.0236. The number of benzene rings is 2. The van der Waals surface area contributed by atoms with Crippen molar-refractivity contribution < 1.29 is 9.53 Å². The summed E-state index contributed by atoms with van der Waals surface area (Å²) in [6.45, 7) is 8.87. The van der Waals surface area contributed by atoms with Crippen LogP contribution in [-0.2, 0) is 17.7 Å². The van der Waals surface area contributed by atoms with E-state index in [-0.39, 0.29) is 6.09 Å². The molecule has 5 heteroatoms. The van der Waals surface area contributed by atoms with Gasteiger partial charge in [-0.3, -0.25) is 0 Å². The highest BCUT2D eigenvalue weighted by atomic mass is 79.9. The van der Waals surface area contributed by atoms with Gasteiger partial charge in [-0.25, -0.2) is 4.79 Å². The molecule has 1 N–H and O–H groups in total. The van der Waals surface area contributed by atoms with E-state index in [4.69, 9.17) is 4.74 Å². The Hall–Kier alpha value is -2.27. The predicted octanol–water partition coefficient (Wildman–Crippen LogP) is 6.22. The van der Waals surface area contributed by atoms with E-state index in [0.29, 0.717) is 13.1 Å². The third kappa shape index (κ3) is 5.16. The topological polar surface area (TPSA) is 45.3 Å². The van der Waals surface area contributed by atoms with Gasteiger partial charge >= 0.3 is 6.09 Å². The summed E-state index contributed by atoms with van der Waals surface area (Å²) in [7, 11) is 0. The minimum atomic E-state index is -0.525. The van der Waals surface area contributed by atoms with Gasteiger partial charge in [0.15, 0.2) is 0 Å². The summed E-state index contributed by atoms with van der Waals surface area (Å²) in [4.78, 5) is 18.1. The number of nitrogens with zero attached hydrogens (tertiary/aromatic N) is 1. The Labute approximate surface area is 175 Å². The smallest absolute Gasteiger partial charge is 0.410 e. The average Bonchev–Trinajstić information content (AvgIpc) is 2.92. The minimum Gasteiger partial charge on any atom is -0.444 e. The molecule has 0 unspecified atom stereocenters. The number of aromatic nitrogens is 1. The summed E-state index contributed by atoms with van der Waals surface area (Å²) in [5, 5.41) is 1.21. The number of rotatable bonds is 5. The molecule has 0 fully saturated rings. The molecule has 0 saturated heterocycles. The molecule has 0 bridgehead atoms. The molecule has 0 aliphatic carbocycles. The van der Waals surface area contributed by atoms with Gasteiger partial charge in [-0.1, -0.05) is 46.3 Å².